The number of rotatable bonds is 5. The van der Waals surface area contributed by atoms with Crippen LogP contribution in [0.2, 0.25) is 5.02 Å². The number of hydrogen-bond donors (Lipinski definition) is 2. The molecule has 0 amide bonds. The summed E-state index contributed by atoms with van der Waals surface area (Å²) in [7, 11) is 1.76. The smallest absolute Gasteiger partial charge is 0.213 e. The molecule has 3 rings (SSSR count). The Kier molecular flexibility index (Phi) is 8.99. The standard InChI is InChI=1S/C22H31ClN4O2.HI/c1-21(2,3)18-13-25-19(29-18)14-26-20(24-4)27-15-22(9-11-28-12-10-22)16-7-5-6-8-17(16)23;/h5-8,13H,9-12,14-15H2,1-4H3,(H2,24,26,27);1H. The van der Waals surface area contributed by atoms with Crippen molar-refractivity contribution in [2.45, 2.75) is 51.0 Å². The summed E-state index contributed by atoms with van der Waals surface area (Å²) in [5, 5.41) is 7.56. The Morgan fingerprint density at radius 1 is 1.20 bits per heavy atom. The molecule has 0 unspecified atom stereocenters. The third-order valence-electron chi connectivity index (χ3n) is 5.41. The Bertz CT molecular complexity index is 842. The largest absolute Gasteiger partial charge is 0.443 e. The summed E-state index contributed by atoms with van der Waals surface area (Å²) in [4.78, 5) is 8.72. The summed E-state index contributed by atoms with van der Waals surface area (Å²) in [5.74, 6) is 2.22. The van der Waals surface area contributed by atoms with Crippen LogP contribution in [0.1, 0.15) is 50.8 Å². The molecular formula is C22H32ClIN4O2. The van der Waals surface area contributed by atoms with Crippen molar-refractivity contribution >= 4 is 41.5 Å². The first-order valence-corrected chi connectivity index (χ1v) is 10.4. The van der Waals surface area contributed by atoms with Crippen molar-refractivity contribution in [2.24, 2.45) is 4.99 Å². The van der Waals surface area contributed by atoms with Crippen LogP contribution in [0.3, 0.4) is 0 Å². The molecule has 1 aromatic carbocycles. The third-order valence-corrected chi connectivity index (χ3v) is 5.74. The van der Waals surface area contributed by atoms with Gasteiger partial charge in [0.05, 0.1) is 12.7 Å². The molecule has 1 fully saturated rings. The van der Waals surface area contributed by atoms with Gasteiger partial charge in [-0.3, -0.25) is 4.99 Å². The molecule has 0 aliphatic carbocycles. The topological polar surface area (TPSA) is 71.7 Å². The van der Waals surface area contributed by atoms with Crippen molar-refractivity contribution in [3.05, 3.63) is 52.7 Å². The minimum Gasteiger partial charge on any atom is -0.443 e. The SMILES string of the molecule is CN=C(NCc1ncc(C(C)(C)C)o1)NCC1(c2ccccc2Cl)CCOCC1.I. The maximum absolute atomic E-state index is 6.54. The molecule has 0 atom stereocenters. The first-order valence-electron chi connectivity index (χ1n) is 10.1. The molecule has 0 radical (unpaired) electrons. The summed E-state index contributed by atoms with van der Waals surface area (Å²) in [6.45, 7) is 8.96. The zero-order valence-corrected chi connectivity index (χ0v) is 21.2. The fourth-order valence-corrected chi connectivity index (χ4v) is 3.90. The first-order chi connectivity index (χ1) is 13.8. The van der Waals surface area contributed by atoms with Crippen molar-refractivity contribution in [3.8, 4) is 0 Å². The molecule has 2 heterocycles. The fraction of sp³-hybridized carbons (Fsp3) is 0.545. The lowest BCUT2D eigenvalue weighted by Gasteiger charge is -2.38. The first kappa shape index (κ1) is 24.9. The molecule has 6 nitrogen and oxygen atoms in total. The van der Waals surface area contributed by atoms with E-state index >= 15 is 0 Å². The van der Waals surface area contributed by atoms with E-state index in [1.54, 1.807) is 13.2 Å². The molecule has 166 valence electrons. The van der Waals surface area contributed by atoms with Crippen LogP contribution in [0.5, 0.6) is 0 Å². The van der Waals surface area contributed by atoms with Crippen LogP contribution in [0, 0.1) is 0 Å². The summed E-state index contributed by atoms with van der Waals surface area (Å²) >= 11 is 6.54. The van der Waals surface area contributed by atoms with Gasteiger partial charge >= 0.3 is 0 Å². The van der Waals surface area contributed by atoms with Crippen molar-refractivity contribution in [3.63, 3.8) is 0 Å². The van der Waals surface area contributed by atoms with Crippen LogP contribution in [-0.2, 0) is 22.1 Å². The van der Waals surface area contributed by atoms with Crippen LogP contribution in [-0.4, -0.2) is 37.7 Å². The maximum Gasteiger partial charge on any atom is 0.213 e. The third kappa shape index (κ3) is 6.11. The van der Waals surface area contributed by atoms with Crippen molar-refractivity contribution in [2.75, 3.05) is 26.8 Å². The normalized spacial score (nSPS) is 16.6. The van der Waals surface area contributed by atoms with Gasteiger partial charge in [0.1, 0.15) is 5.76 Å². The highest BCUT2D eigenvalue weighted by atomic mass is 127. The molecule has 1 aliphatic rings. The van der Waals surface area contributed by atoms with Crippen LogP contribution in [0.15, 0.2) is 39.9 Å². The lowest BCUT2D eigenvalue weighted by Crippen LogP contribution is -2.48. The number of nitrogens with one attached hydrogen (secondary N) is 2. The zero-order valence-electron chi connectivity index (χ0n) is 18.1. The second-order valence-electron chi connectivity index (χ2n) is 8.52. The zero-order chi connectivity index (χ0) is 20.9. The number of nitrogens with zero attached hydrogens (tertiary/aromatic N) is 2. The predicted octanol–water partition coefficient (Wildman–Crippen LogP) is 4.66. The van der Waals surface area contributed by atoms with E-state index in [0.29, 0.717) is 18.4 Å². The molecule has 8 heteroatoms. The molecule has 2 N–H and O–H groups in total. The molecular weight excluding hydrogens is 515 g/mol. The van der Waals surface area contributed by atoms with E-state index in [0.717, 1.165) is 48.9 Å². The number of guanidine groups is 1. The Morgan fingerprint density at radius 2 is 1.90 bits per heavy atom. The second-order valence-corrected chi connectivity index (χ2v) is 8.93. The van der Waals surface area contributed by atoms with Gasteiger partial charge in [0, 0.05) is 42.7 Å². The molecule has 2 aromatic rings. The molecule has 30 heavy (non-hydrogen) atoms. The average Bonchev–Trinajstić information content (AvgIpc) is 3.19. The van der Waals surface area contributed by atoms with Gasteiger partial charge < -0.3 is 19.8 Å². The van der Waals surface area contributed by atoms with Gasteiger partial charge in [0.25, 0.3) is 0 Å². The minimum atomic E-state index is -0.0868. The molecule has 0 saturated carbocycles. The van der Waals surface area contributed by atoms with Gasteiger partial charge in [-0.2, -0.15) is 0 Å². The van der Waals surface area contributed by atoms with E-state index < -0.39 is 0 Å². The number of benzene rings is 1. The van der Waals surface area contributed by atoms with Crippen LogP contribution in [0.4, 0.5) is 0 Å². The summed E-state index contributed by atoms with van der Waals surface area (Å²) < 4.78 is 11.5. The average molecular weight is 547 g/mol. The molecule has 1 aliphatic heterocycles. The highest BCUT2D eigenvalue weighted by Crippen LogP contribution is 2.38. The monoisotopic (exact) mass is 546 g/mol. The minimum absolute atomic E-state index is 0. The van der Waals surface area contributed by atoms with E-state index in [1.807, 2.05) is 18.2 Å². The van der Waals surface area contributed by atoms with E-state index in [2.05, 4.69) is 47.4 Å². The Morgan fingerprint density at radius 3 is 2.50 bits per heavy atom. The van der Waals surface area contributed by atoms with Gasteiger partial charge in [-0.05, 0) is 24.5 Å². The lowest BCUT2D eigenvalue weighted by atomic mass is 9.74. The molecule has 1 saturated heterocycles. The quantitative estimate of drug-likeness (QED) is 0.324. The highest BCUT2D eigenvalue weighted by molar-refractivity contribution is 14.0. The predicted molar refractivity (Wildman–Crippen MR) is 132 cm³/mol. The van der Waals surface area contributed by atoms with Crippen LogP contribution in [0.25, 0.3) is 0 Å². The van der Waals surface area contributed by atoms with E-state index in [4.69, 9.17) is 20.8 Å². The van der Waals surface area contributed by atoms with Gasteiger partial charge in [0.15, 0.2) is 5.96 Å². The molecule has 0 spiro atoms. The number of oxazole rings is 1. The number of hydrogen-bond acceptors (Lipinski definition) is 4. The van der Waals surface area contributed by atoms with Gasteiger partial charge in [-0.1, -0.05) is 50.6 Å². The van der Waals surface area contributed by atoms with Gasteiger partial charge in [-0.25, -0.2) is 4.98 Å². The van der Waals surface area contributed by atoms with E-state index in [9.17, 15) is 0 Å². The van der Waals surface area contributed by atoms with Gasteiger partial charge in [-0.15, -0.1) is 24.0 Å². The summed E-state index contributed by atoms with van der Waals surface area (Å²) in [6, 6.07) is 8.08. The van der Waals surface area contributed by atoms with E-state index in [-0.39, 0.29) is 34.8 Å². The Labute approximate surface area is 201 Å². The number of ether oxygens (including phenoxy) is 1. The summed E-state index contributed by atoms with van der Waals surface area (Å²) in [5.41, 5.74) is 1.02. The van der Waals surface area contributed by atoms with Crippen molar-refractivity contribution in [1.82, 2.24) is 15.6 Å². The Balaban J connectivity index is 0.00000320. The van der Waals surface area contributed by atoms with Crippen LogP contribution < -0.4 is 10.6 Å². The number of halogens is 2. The maximum atomic E-state index is 6.54. The molecule has 0 bridgehead atoms. The highest BCUT2D eigenvalue weighted by Gasteiger charge is 2.36. The molecule has 1 aromatic heterocycles. The van der Waals surface area contributed by atoms with Crippen molar-refractivity contribution in [1.29, 1.82) is 0 Å². The lowest BCUT2D eigenvalue weighted by molar-refractivity contribution is 0.0514. The van der Waals surface area contributed by atoms with E-state index in [1.165, 1.54) is 0 Å². The summed E-state index contributed by atoms with van der Waals surface area (Å²) in [6.07, 6.45) is 3.62. The fourth-order valence-electron chi connectivity index (χ4n) is 3.57. The van der Waals surface area contributed by atoms with Crippen molar-refractivity contribution < 1.29 is 9.15 Å². The second kappa shape index (κ2) is 10.8. The number of aliphatic imine (C=N–C) groups is 1. The Hall–Kier alpha value is -1.32. The number of aromatic nitrogens is 1. The van der Waals surface area contributed by atoms with Crippen LogP contribution >= 0.6 is 35.6 Å². The van der Waals surface area contributed by atoms with Gasteiger partial charge in [0.2, 0.25) is 5.89 Å².